The molecule has 2 rings (SSSR count). The first-order chi connectivity index (χ1) is 9.69. The highest BCUT2D eigenvalue weighted by Gasteiger charge is 2.08. The molecule has 1 aromatic heterocycles. The van der Waals surface area contributed by atoms with Crippen LogP contribution in [0.15, 0.2) is 34.9 Å². The highest BCUT2D eigenvalue weighted by molar-refractivity contribution is 7.99. The first-order valence-corrected chi connectivity index (χ1v) is 7.87. The molecule has 1 aromatic carbocycles. The maximum Gasteiger partial charge on any atom is 0.151 e. The molecule has 3 nitrogen and oxygen atoms in total. The van der Waals surface area contributed by atoms with Crippen molar-refractivity contribution in [2.75, 3.05) is 11.5 Å². The van der Waals surface area contributed by atoms with E-state index < -0.39 is 0 Å². The average Bonchev–Trinajstić information content (AvgIpc) is 2.92. The van der Waals surface area contributed by atoms with Crippen LogP contribution in [-0.2, 0) is 6.54 Å². The fraction of sp³-hybridized carbons (Fsp3) is 0.400. The predicted octanol–water partition coefficient (Wildman–Crippen LogP) is 3.71. The molecule has 0 saturated heterocycles. The summed E-state index contributed by atoms with van der Waals surface area (Å²) < 4.78 is 18.2. The van der Waals surface area contributed by atoms with Crippen molar-refractivity contribution < 1.29 is 8.91 Å². The summed E-state index contributed by atoms with van der Waals surface area (Å²) in [5.41, 5.74) is 1.59. The van der Waals surface area contributed by atoms with Gasteiger partial charge in [-0.2, -0.15) is 11.8 Å². The quantitative estimate of drug-likeness (QED) is 0.845. The van der Waals surface area contributed by atoms with Crippen LogP contribution >= 0.6 is 11.8 Å². The highest BCUT2D eigenvalue weighted by atomic mass is 32.2. The second kappa shape index (κ2) is 7.45. The van der Waals surface area contributed by atoms with Crippen LogP contribution in [0.3, 0.4) is 0 Å². The molecule has 2 aromatic rings. The van der Waals surface area contributed by atoms with Gasteiger partial charge >= 0.3 is 0 Å². The van der Waals surface area contributed by atoms with Gasteiger partial charge in [0.25, 0.3) is 0 Å². The van der Waals surface area contributed by atoms with Gasteiger partial charge in [0.2, 0.25) is 0 Å². The lowest BCUT2D eigenvalue weighted by atomic mass is 10.1. The molecule has 0 radical (unpaired) electrons. The molecule has 0 amide bonds. The Bertz CT molecular complexity index is 527. The molecule has 0 fully saturated rings. The molecule has 1 atom stereocenters. The molecule has 0 bridgehead atoms. The van der Waals surface area contributed by atoms with Crippen LogP contribution in [-0.4, -0.2) is 22.7 Å². The number of benzene rings is 1. The fourth-order valence-electron chi connectivity index (χ4n) is 1.78. The lowest BCUT2D eigenvalue weighted by Gasteiger charge is -2.10. The Kier molecular flexibility index (Phi) is 5.61. The van der Waals surface area contributed by atoms with Gasteiger partial charge in [-0.25, -0.2) is 4.39 Å². The lowest BCUT2D eigenvalue weighted by molar-refractivity contribution is 0.369. The summed E-state index contributed by atoms with van der Waals surface area (Å²) in [7, 11) is 0. The molecule has 1 N–H and O–H groups in total. The van der Waals surface area contributed by atoms with Gasteiger partial charge in [-0.15, -0.1) is 0 Å². The minimum Gasteiger partial charge on any atom is -0.359 e. The summed E-state index contributed by atoms with van der Waals surface area (Å²) >= 11 is 1.91. The number of halogens is 1. The van der Waals surface area contributed by atoms with Gasteiger partial charge in [0, 0.05) is 23.4 Å². The van der Waals surface area contributed by atoms with Crippen molar-refractivity contribution >= 4 is 11.8 Å². The predicted molar refractivity (Wildman–Crippen MR) is 81.2 cm³/mol. The zero-order chi connectivity index (χ0) is 14.4. The van der Waals surface area contributed by atoms with E-state index in [1.807, 2.05) is 17.8 Å². The van der Waals surface area contributed by atoms with Crippen LogP contribution < -0.4 is 5.32 Å². The van der Waals surface area contributed by atoms with Crippen LogP contribution in [0.1, 0.15) is 19.6 Å². The van der Waals surface area contributed by atoms with Crippen molar-refractivity contribution in [3.8, 4) is 11.3 Å². The van der Waals surface area contributed by atoms with E-state index in [1.165, 1.54) is 12.1 Å². The Morgan fingerprint density at radius 1 is 1.35 bits per heavy atom. The molecule has 1 heterocycles. The number of nitrogens with one attached hydrogen (secondary N) is 1. The van der Waals surface area contributed by atoms with E-state index in [0.717, 1.165) is 28.5 Å². The van der Waals surface area contributed by atoms with E-state index in [1.54, 1.807) is 12.1 Å². The third kappa shape index (κ3) is 4.35. The van der Waals surface area contributed by atoms with E-state index in [4.69, 9.17) is 4.52 Å². The van der Waals surface area contributed by atoms with Crippen LogP contribution in [0.25, 0.3) is 11.3 Å². The zero-order valence-corrected chi connectivity index (χ0v) is 12.5. The normalized spacial score (nSPS) is 12.6. The molecular formula is C15H19FN2OS. The smallest absolute Gasteiger partial charge is 0.151 e. The topological polar surface area (TPSA) is 38.1 Å². The third-order valence-corrected chi connectivity index (χ3v) is 4.04. The van der Waals surface area contributed by atoms with E-state index in [0.29, 0.717) is 12.6 Å². The summed E-state index contributed by atoms with van der Waals surface area (Å²) in [6.07, 6.45) is 0. The standard InChI is InChI=1S/C15H19FN2OS/c1-3-20-10-11(2)17-9-14-8-15(18-19-14)12-4-6-13(16)7-5-12/h4-8,11,17H,3,9-10H2,1-2H3/t11-/m1/s1. The molecule has 0 aliphatic heterocycles. The molecule has 0 aliphatic carbocycles. The largest absolute Gasteiger partial charge is 0.359 e. The minimum absolute atomic E-state index is 0.249. The van der Waals surface area contributed by atoms with Crippen LogP contribution in [0.4, 0.5) is 4.39 Å². The SMILES string of the molecule is CCSC[C@@H](C)NCc1cc(-c2ccc(F)cc2)no1. The Morgan fingerprint density at radius 3 is 2.80 bits per heavy atom. The second-order valence-electron chi connectivity index (χ2n) is 4.63. The highest BCUT2D eigenvalue weighted by Crippen LogP contribution is 2.19. The number of hydrogen-bond donors (Lipinski definition) is 1. The number of hydrogen-bond acceptors (Lipinski definition) is 4. The van der Waals surface area contributed by atoms with Gasteiger partial charge in [0.1, 0.15) is 11.5 Å². The molecule has 0 spiro atoms. The van der Waals surface area contributed by atoms with Gasteiger partial charge in [0.05, 0.1) is 6.54 Å². The molecule has 5 heteroatoms. The maximum atomic E-state index is 12.9. The molecule has 0 unspecified atom stereocenters. The minimum atomic E-state index is -0.249. The number of nitrogens with zero attached hydrogens (tertiary/aromatic N) is 1. The monoisotopic (exact) mass is 294 g/mol. The summed E-state index contributed by atoms with van der Waals surface area (Å²) in [5.74, 6) is 2.75. The molecule has 0 saturated carbocycles. The van der Waals surface area contributed by atoms with Gasteiger partial charge in [-0.1, -0.05) is 12.1 Å². The molecule has 0 aliphatic rings. The molecule has 20 heavy (non-hydrogen) atoms. The van der Waals surface area contributed by atoms with Crippen molar-refractivity contribution in [2.45, 2.75) is 26.4 Å². The average molecular weight is 294 g/mol. The Labute approximate surface area is 122 Å². The van der Waals surface area contributed by atoms with Crippen molar-refractivity contribution in [1.82, 2.24) is 10.5 Å². The Morgan fingerprint density at radius 2 is 2.10 bits per heavy atom. The van der Waals surface area contributed by atoms with E-state index in [-0.39, 0.29) is 5.82 Å². The van der Waals surface area contributed by atoms with Crippen molar-refractivity contribution in [3.63, 3.8) is 0 Å². The number of thioether (sulfide) groups is 1. The van der Waals surface area contributed by atoms with Crippen LogP contribution in [0, 0.1) is 5.82 Å². The van der Waals surface area contributed by atoms with Gasteiger partial charge < -0.3 is 9.84 Å². The summed E-state index contributed by atoms with van der Waals surface area (Å²) in [5, 5.41) is 7.41. The Hall–Kier alpha value is -1.33. The van der Waals surface area contributed by atoms with Gasteiger partial charge in [-0.3, -0.25) is 0 Å². The fourth-order valence-corrected chi connectivity index (χ4v) is 2.49. The summed E-state index contributed by atoms with van der Waals surface area (Å²) in [6, 6.07) is 8.56. The Balaban J connectivity index is 1.90. The van der Waals surface area contributed by atoms with E-state index in [2.05, 4.69) is 24.3 Å². The van der Waals surface area contributed by atoms with Gasteiger partial charge in [-0.05, 0) is 36.9 Å². The summed E-state index contributed by atoms with van der Waals surface area (Å²) in [4.78, 5) is 0. The first kappa shape index (κ1) is 15.1. The third-order valence-electron chi connectivity index (χ3n) is 2.90. The molecular weight excluding hydrogens is 275 g/mol. The first-order valence-electron chi connectivity index (χ1n) is 6.71. The van der Waals surface area contributed by atoms with Crippen LogP contribution in [0.5, 0.6) is 0 Å². The van der Waals surface area contributed by atoms with Crippen LogP contribution in [0.2, 0.25) is 0 Å². The van der Waals surface area contributed by atoms with E-state index in [9.17, 15) is 4.39 Å². The second-order valence-corrected chi connectivity index (χ2v) is 5.95. The maximum absolute atomic E-state index is 12.9. The number of rotatable bonds is 7. The van der Waals surface area contributed by atoms with Crippen molar-refractivity contribution in [2.24, 2.45) is 0 Å². The number of aromatic nitrogens is 1. The van der Waals surface area contributed by atoms with Gasteiger partial charge in [0.15, 0.2) is 5.76 Å². The zero-order valence-electron chi connectivity index (χ0n) is 11.7. The molecule has 108 valence electrons. The summed E-state index contributed by atoms with van der Waals surface area (Å²) in [6.45, 7) is 4.96. The lowest BCUT2D eigenvalue weighted by Crippen LogP contribution is -2.27. The van der Waals surface area contributed by atoms with Crippen molar-refractivity contribution in [1.29, 1.82) is 0 Å². The van der Waals surface area contributed by atoms with E-state index >= 15 is 0 Å². The van der Waals surface area contributed by atoms with Crippen molar-refractivity contribution in [3.05, 3.63) is 41.9 Å².